The Morgan fingerprint density at radius 3 is 2.78 bits per heavy atom. The maximum Gasteiger partial charge on any atom is 0.141 e. The van der Waals surface area contributed by atoms with Crippen LogP contribution < -0.4 is 4.74 Å². The first-order chi connectivity index (χ1) is 13.2. The van der Waals surface area contributed by atoms with Crippen LogP contribution in [0.1, 0.15) is 11.1 Å². The van der Waals surface area contributed by atoms with Crippen molar-refractivity contribution >= 4 is 28.7 Å². The number of aryl methyl sites for hydroxylation is 1. The summed E-state index contributed by atoms with van der Waals surface area (Å²) >= 11 is 6.00. The van der Waals surface area contributed by atoms with E-state index in [4.69, 9.17) is 16.3 Å². The van der Waals surface area contributed by atoms with Gasteiger partial charge in [0.25, 0.3) is 0 Å². The fourth-order valence-corrected chi connectivity index (χ4v) is 3.20. The van der Waals surface area contributed by atoms with Gasteiger partial charge >= 0.3 is 0 Å². The molecule has 0 aliphatic carbocycles. The molecule has 6 nitrogen and oxygen atoms in total. The van der Waals surface area contributed by atoms with Crippen molar-refractivity contribution in [3.05, 3.63) is 77.5 Å². The molecule has 0 radical (unpaired) electrons. The number of ether oxygens (including phenoxy) is 1. The van der Waals surface area contributed by atoms with Crippen LogP contribution in [0, 0.1) is 6.92 Å². The molecule has 2 aromatic heterocycles. The van der Waals surface area contributed by atoms with Crippen LogP contribution in [0.3, 0.4) is 0 Å². The zero-order valence-electron chi connectivity index (χ0n) is 14.8. The molecule has 7 heteroatoms. The van der Waals surface area contributed by atoms with Crippen molar-refractivity contribution in [1.82, 2.24) is 19.4 Å². The van der Waals surface area contributed by atoms with Gasteiger partial charge in [0.1, 0.15) is 25.0 Å². The molecule has 0 saturated carbocycles. The standard InChI is InChI=1S/C20H18ClN5O/c1-15-10-17(21)6-7-20(15)27-9-8-25-12-16(11-24-26-13-22-23-14-26)18-4-2-3-5-19(18)25/h2-7,10-14H,8-9H2,1H3/b24-11+. The number of nitrogens with zero attached hydrogens (tertiary/aromatic N) is 5. The maximum atomic E-state index is 6.00. The van der Waals surface area contributed by atoms with E-state index in [0.717, 1.165) is 34.3 Å². The van der Waals surface area contributed by atoms with Gasteiger partial charge in [0.05, 0.1) is 12.8 Å². The predicted molar refractivity (Wildman–Crippen MR) is 107 cm³/mol. The lowest BCUT2D eigenvalue weighted by Crippen LogP contribution is -2.07. The summed E-state index contributed by atoms with van der Waals surface area (Å²) in [6.45, 7) is 3.28. The normalized spacial score (nSPS) is 11.5. The molecule has 0 saturated heterocycles. The number of hydrogen-bond donors (Lipinski definition) is 0. The molecular formula is C20H18ClN5O. The van der Waals surface area contributed by atoms with Crippen molar-refractivity contribution in [1.29, 1.82) is 0 Å². The Kier molecular flexibility index (Phi) is 4.89. The average Bonchev–Trinajstić information content (AvgIpc) is 3.30. The van der Waals surface area contributed by atoms with E-state index in [0.29, 0.717) is 11.6 Å². The zero-order valence-corrected chi connectivity index (χ0v) is 15.5. The van der Waals surface area contributed by atoms with E-state index < -0.39 is 0 Å². The second kappa shape index (κ2) is 7.63. The van der Waals surface area contributed by atoms with E-state index in [2.05, 4.69) is 38.2 Å². The van der Waals surface area contributed by atoms with E-state index in [1.807, 2.05) is 43.5 Å². The lowest BCUT2D eigenvalue weighted by atomic mass is 10.2. The summed E-state index contributed by atoms with van der Waals surface area (Å²) in [6.07, 6.45) is 7.00. The molecule has 0 amide bonds. The first-order valence-corrected chi connectivity index (χ1v) is 8.94. The minimum Gasteiger partial charge on any atom is -0.491 e. The number of halogens is 1. The summed E-state index contributed by atoms with van der Waals surface area (Å²) in [5, 5.41) is 13.7. The van der Waals surface area contributed by atoms with Gasteiger partial charge < -0.3 is 9.30 Å². The van der Waals surface area contributed by atoms with Crippen molar-refractivity contribution < 1.29 is 4.74 Å². The average molecular weight is 380 g/mol. The van der Waals surface area contributed by atoms with Crippen molar-refractivity contribution in [2.75, 3.05) is 6.61 Å². The Labute approximate surface area is 161 Å². The van der Waals surface area contributed by atoms with Crippen LogP contribution in [0.4, 0.5) is 0 Å². The van der Waals surface area contributed by atoms with Crippen LogP contribution >= 0.6 is 11.6 Å². The van der Waals surface area contributed by atoms with Crippen LogP contribution in [-0.2, 0) is 6.54 Å². The van der Waals surface area contributed by atoms with Crippen LogP contribution in [0.5, 0.6) is 5.75 Å². The summed E-state index contributed by atoms with van der Waals surface area (Å²) in [5.41, 5.74) is 3.20. The van der Waals surface area contributed by atoms with Gasteiger partial charge in [-0.2, -0.15) is 5.10 Å². The monoisotopic (exact) mass is 379 g/mol. The van der Waals surface area contributed by atoms with Gasteiger partial charge in [-0.1, -0.05) is 29.8 Å². The maximum absolute atomic E-state index is 6.00. The second-order valence-corrected chi connectivity index (χ2v) is 6.58. The molecule has 0 aliphatic rings. The van der Waals surface area contributed by atoms with E-state index in [1.165, 1.54) is 0 Å². The molecule has 0 atom stereocenters. The van der Waals surface area contributed by atoms with E-state index in [9.17, 15) is 0 Å². The molecule has 0 spiro atoms. The largest absolute Gasteiger partial charge is 0.491 e. The zero-order chi connectivity index (χ0) is 18.6. The van der Waals surface area contributed by atoms with Crippen molar-refractivity contribution in [2.45, 2.75) is 13.5 Å². The van der Waals surface area contributed by atoms with E-state index >= 15 is 0 Å². The van der Waals surface area contributed by atoms with Gasteiger partial charge in [-0.3, -0.25) is 0 Å². The molecule has 0 fully saturated rings. The van der Waals surface area contributed by atoms with Gasteiger partial charge in [0.2, 0.25) is 0 Å². The molecule has 4 rings (SSSR count). The molecule has 2 heterocycles. The highest BCUT2D eigenvalue weighted by Gasteiger charge is 2.07. The summed E-state index contributed by atoms with van der Waals surface area (Å²) in [6, 6.07) is 13.9. The van der Waals surface area contributed by atoms with Crippen molar-refractivity contribution in [3.63, 3.8) is 0 Å². The summed E-state index contributed by atoms with van der Waals surface area (Å²) in [5.74, 6) is 0.852. The van der Waals surface area contributed by atoms with Gasteiger partial charge in [0, 0.05) is 27.7 Å². The van der Waals surface area contributed by atoms with Crippen LogP contribution in [0.25, 0.3) is 10.9 Å². The van der Waals surface area contributed by atoms with Crippen LogP contribution in [0.15, 0.2) is 66.4 Å². The van der Waals surface area contributed by atoms with Gasteiger partial charge in [0.15, 0.2) is 0 Å². The first kappa shape index (κ1) is 17.3. The highest BCUT2D eigenvalue weighted by molar-refractivity contribution is 6.30. The summed E-state index contributed by atoms with van der Waals surface area (Å²) in [7, 11) is 0. The fourth-order valence-electron chi connectivity index (χ4n) is 2.98. The first-order valence-electron chi connectivity index (χ1n) is 8.56. The number of benzene rings is 2. The SMILES string of the molecule is Cc1cc(Cl)ccc1OCCn1cc(/C=N/n2cnnc2)c2ccccc21. The Morgan fingerprint density at radius 1 is 1.15 bits per heavy atom. The molecule has 0 aliphatic heterocycles. The molecule has 27 heavy (non-hydrogen) atoms. The number of fused-ring (bicyclic) bond motifs is 1. The Bertz CT molecular complexity index is 1090. The van der Waals surface area contributed by atoms with E-state index in [1.54, 1.807) is 17.3 Å². The molecule has 0 bridgehead atoms. The molecular weight excluding hydrogens is 362 g/mol. The van der Waals surface area contributed by atoms with Crippen molar-refractivity contribution in [3.8, 4) is 5.75 Å². The molecule has 4 aromatic rings. The van der Waals surface area contributed by atoms with Crippen LogP contribution in [-0.4, -0.2) is 32.3 Å². The predicted octanol–water partition coefficient (Wildman–Crippen LogP) is 4.16. The lowest BCUT2D eigenvalue weighted by molar-refractivity contribution is 0.298. The lowest BCUT2D eigenvalue weighted by Gasteiger charge is -2.10. The third-order valence-corrected chi connectivity index (χ3v) is 4.52. The third-order valence-electron chi connectivity index (χ3n) is 4.28. The highest BCUT2D eigenvalue weighted by Crippen LogP contribution is 2.23. The fraction of sp³-hybridized carbons (Fsp3) is 0.150. The Morgan fingerprint density at radius 2 is 1.96 bits per heavy atom. The number of hydrogen-bond acceptors (Lipinski definition) is 4. The van der Waals surface area contributed by atoms with E-state index in [-0.39, 0.29) is 0 Å². The second-order valence-electron chi connectivity index (χ2n) is 6.14. The van der Waals surface area contributed by atoms with Gasteiger partial charge in [-0.05, 0) is 36.8 Å². The highest BCUT2D eigenvalue weighted by atomic mass is 35.5. The Balaban J connectivity index is 1.53. The van der Waals surface area contributed by atoms with Gasteiger partial charge in [-0.15, -0.1) is 10.2 Å². The van der Waals surface area contributed by atoms with Crippen molar-refractivity contribution in [2.24, 2.45) is 5.10 Å². The molecule has 136 valence electrons. The summed E-state index contributed by atoms with van der Waals surface area (Å²) in [4.78, 5) is 0. The number of aromatic nitrogens is 4. The molecule has 0 unspecified atom stereocenters. The quantitative estimate of drug-likeness (QED) is 0.473. The van der Waals surface area contributed by atoms with Gasteiger partial charge in [-0.25, -0.2) is 4.68 Å². The minimum absolute atomic E-state index is 0.559. The Hall–Kier alpha value is -3.12. The topological polar surface area (TPSA) is 57.2 Å². The molecule has 2 aromatic carbocycles. The third kappa shape index (κ3) is 3.85. The number of rotatable bonds is 6. The summed E-state index contributed by atoms with van der Waals surface area (Å²) < 4.78 is 9.68. The molecule has 0 N–H and O–H groups in total. The van der Waals surface area contributed by atoms with Crippen LogP contribution in [0.2, 0.25) is 5.02 Å². The minimum atomic E-state index is 0.559. The smallest absolute Gasteiger partial charge is 0.141 e. The number of para-hydroxylation sites is 1.